The number of anilines is 1. The summed E-state index contributed by atoms with van der Waals surface area (Å²) >= 11 is 0.927. The van der Waals surface area contributed by atoms with E-state index in [1.165, 1.54) is 103 Å². The quantitative estimate of drug-likeness (QED) is 0.0257. The summed E-state index contributed by atoms with van der Waals surface area (Å²) in [6.07, 6.45) is 20.4. The van der Waals surface area contributed by atoms with Gasteiger partial charge in [0.05, 0.1) is 18.2 Å². The van der Waals surface area contributed by atoms with E-state index in [4.69, 9.17) is 4.74 Å². The molecule has 10 nitrogen and oxygen atoms in total. The molecule has 0 aromatic heterocycles. The smallest absolute Gasteiger partial charge is 0.335 e. The molecule has 0 radical (unpaired) electrons. The highest BCUT2D eigenvalue weighted by atomic mass is 32.2. The molecule has 0 aliphatic rings. The first-order valence-electron chi connectivity index (χ1n) is 19.3. The summed E-state index contributed by atoms with van der Waals surface area (Å²) in [5.41, 5.74) is -0.162. The number of ether oxygens (including phenoxy) is 1. The Labute approximate surface area is 323 Å². The van der Waals surface area contributed by atoms with Crippen molar-refractivity contribution in [3.8, 4) is 5.75 Å². The summed E-state index contributed by atoms with van der Waals surface area (Å²) in [6, 6.07) is 16.1. The highest BCUT2D eigenvalue weighted by Gasteiger charge is 2.30. The van der Waals surface area contributed by atoms with Gasteiger partial charge in [-0.25, -0.2) is 9.59 Å². The maximum Gasteiger partial charge on any atom is 0.335 e. The number of carbonyl (C=O) groups is 5. The Morgan fingerprint density at radius 1 is 0.630 bits per heavy atom. The number of ketones is 1. The number of thioether (sulfide) groups is 1. The van der Waals surface area contributed by atoms with Crippen LogP contribution in [0.5, 0.6) is 5.75 Å². The Balaban J connectivity index is 1.51. The van der Waals surface area contributed by atoms with Crippen molar-refractivity contribution >= 4 is 47.0 Å². The normalized spacial score (nSPS) is 11.4. The molecule has 4 N–H and O–H groups in total. The second kappa shape index (κ2) is 24.6. The number of Topliss-reactive ketones (excluding diaryl/α,β-unsaturated/α-hetero) is 1. The van der Waals surface area contributed by atoms with Crippen molar-refractivity contribution in [2.45, 2.75) is 120 Å². The van der Waals surface area contributed by atoms with Gasteiger partial charge in [0.1, 0.15) is 5.75 Å². The molecule has 0 bridgehead atoms. The average Bonchev–Trinajstić information content (AvgIpc) is 3.17. The lowest BCUT2D eigenvalue weighted by Crippen LogP contribution is -2.33. The first-order chi connectivity index (χ1) is 26.1. The fourth-order valence-electron chi connectivity index (χ4n) is 6.11. The third-order valence-corrected chi connectivity index (χ3v) is 10.4. The number of aromatic carboxylic acids is 2. The van der Waals surface area contributed by atoms with E-state index in [1.807, 2.05) is 0 Å². The predicted octanol–water partition coefficient (Wildman–Crippen LogP) is 10.1. The van der Waals surface area contributed by atoms with Crippen molar-refractivity contribution in [2.75, 3.05) is 19.0 Å². The molecule has 1 atom stereocenters. The minimum atomic E-state index is -1.38. The van der Waals surface area contributed by atoms with Gasteiger partial charge in [0.2, 0.25) is 5.91 Å². The number of nitrogens with one attached hydrogen (secondary N) is 2. The number of rotatable bonds is 27. The molecule has 2 amide bonds. The molecule has 0 heterocycles. The summed E-state index contributed by atoms with van der Waals surface area (Å²) in [5.74, 6) is -3.83. The van der Waals surface area contributed by atoms with Gasteiger partial charge in [-0.05, 0) is 67.1 Å². The number of benzene rings is 3. The Morgan fingerprint density at radius 2 is 1.15 bits per heavy atom. The van der Waals surface area contributed by atoms with E-state index in [0.29, 0.717) is 22.8 Å². The van der Waals surface area contributed by atoms with Crippen LogP contribution < -0.4 is 15.4 Å². The molecule has 292 valence electrons. The van der Waals surface area contributed by atoms with E-state index in [1.54, 1.807) is 36.4 Å². The monoisotopic (exact) mass is 760 g/mol. The summed E-state index contributed by atoms with van der Waals surface area (Å²) in [6.45, 7) is 2.80. The van der Waals surface area contributed by atoms with Crippen LogP contribution >= 0.6 is 11.8 Å². The predicted molar refractivity (Wildman–Crippen MR) is 214 cm³/mol. The number of methoxy groups -OCH3 is 1. The van der Waals surface area contributed by atoms with Gasteiger partial charge < -0.3 is 25.6 Å². The maximum atomic E-state index is 13.7. The molecule has 0 spiro atoms. The molecule has 0 saturated heterocycles. The van der Waals surface area contributed by atoms with E-state index < -0.39 is 28.9 Å². The lowest BCUT2D eigenvalue weighted by atomic mass is 10.0. The van der Waals surface area contributed by atoms with Gasteiger partial charge in [-0.1, -0.05) is 109 Å². The van der Waals surface area contributed by atoms with Crippen LogP contribution in [-0.2, 0) is 4.79 Å². The highest BCUT2D eigenvalue weighted by molar-refractivity contribution is 8.01. The number of hydrogen-bond donors (Lipinski definition) is 4. The average molecular weight is 761 g/mol. The molecule has 11 heteroatoms. The molecule has 1 unspecified atom stereocenters. The molecular formula is C43H56N2O8S. The Kier molecular flexibility index (Phi) is 20.0. The zero-order valence-electron chi connectivity index (χ0n) is 31.7. The van der Waals surface area contributed by atoms with E-state index in [-0.39, 0.29) is 28.3 Å². The number of carboxylic acids is 2. The van der Waals surface area contributed by atoms with Crippen LogP contribution in [-0.4, -0.2) is 58.7 Å². The fraction of sp³-hybridized carbons (Fsp3) is 0.465. The minimum absolute atomic E-state index is 0.0901. The first kappa shape index (κ1) is 43.8. The summed E-state index contributed by atoms with van der Waals surface area (Å²) in [4.78, 5) is 64.2. The largest absolute Gasteiger partial charge is 0.497 e. The van der Waals surface area contributed by atoms with Crippen LogP contribution in [0.15, 0.2) is 71.6 Å². The van der Waals surface area contributed by atoms with Gasteiger partial charge in [-0.2, -0.15) is 0 Å². The van der Waals surface area contributed by atoms with Crippen molar-refractivity contribution in [3.05, 3.63) is 89.0 Å². The van der Waals surface area contributed by atoms with Gasteiger partial charge in [0.25, 0.3) is 5.91 Å². The van der Waals surface area contributed by atoms with Crippen molar-refractivity contribution in [1.82, 2.24) is 5.32 Å². The molecule has 0 aliphatic carbocycles. The van der Waals surface area contributed by atoms with Crippen molar-refractivity contribution in [3.63, 3.8) is 0 Å². The van der Waals surface area contributed by atoms with E-state index in [2.05, 4.69) is 17.6 Å². The number of hydrogen-bond acceptors (Lipinski definition) is 7. The molecule has 0 saturated carbocycles. The maximum absolute atomic E-state index is 13.7. The van der Waals surface area contributed by atoms with E-state index in [9.17, 15) is 34.2 Å². The van der Waals surface area contributed by atoms with Gasteiger partial charge in [-0.3, -0.25) is 14.4 Å². The fourth-order valence-corrected chi connectivity index (χ4v) is 7.14. The molecule has 3 aromatic carbocycles. The Morgan fingerprint density at radius 3 is 1.65 bits per heavy atom. The van der Waals surface area contributed by atoms with E-state index >= 15 is 0 Å². The standard InChI is InChI=1S/C43H56N2O8S/c1-3-4-5-6-7-8-9-10-11-12-13-14-15-16-17-18-26-44-40(47)32-20-19-21-37(30-32)54-39(38(46)31-22-24-36(53-2)25-23-31)41(48)45-35-28-33(42(49)50)27-34(29-35)43(51)52/h19-25,27-30,39H,3-18,26H2,1-2H3,(H,44,47)(H,45,48)(H,49,50)(H,51,52). The summed E-state index contributed by atoms with van der Waals surface area (Å²) in [5, 5.41) is 23.1. The third-order valence-electron chi connectivity index (χ3n) is 9.21. The zero-order chi connectivity index (χ0) is 39.1. The van der Waals surface area contributed by atoms with E-state index in [0.717, 1.165) is 49.2 Å². The Bertz CT molecular complexity index is 1630. The molecular weight excluding hydrogens is 705 g/mol. The molecule has 54 heavy (non-hydrogen) atoms. The van der Waals surface area contributed by atoms with Crippen molar-refractivity contribution in [2.24, 2.45) is 0 Å². The number of carboxylic acid groups (broad SMARTS) is 2. The van der Waals surface area contributed by atoms with Gasteiger partial charge in [-0.15, -0.1) is 11.8 Å². The summed E-state index contributed by atoms with van der Waals surface area (Å²) in [7, 11) is 1.49. The molecule has 3 aromatic rings. The lowest BCUT2D eigenvalue weighted by Gasteiger charge is -2.17. The molecule has 0 aliphatic heterocycles. The third kappa shape index (κ3) is 15.8. The first-order valence-corrected chi connectivity index (χ1v) is 20.2. The molecule has 3 rings (SSSR count). The number of amides is 2. The summed E-state index contributed by atoms with van der Waals surface area (Å²) < 4.78 is 5.19. The van der Waals surface area contributed by atoms with Crippen LogP contribution in [0, 0.1) is 0 Å². The van der Waals surface area contributed by atoms with Gasteiger partial charge >= 0.3 is 11.9 Å². The van der Waals surface area contributed by atoms with Crippen LogP contribution in [0.25, 0.3) is 0 Å². The minimum Gasteiger partial charge on any atom is -0.497 e. The van der Waals surface area contributed by atoms with Gasteiger partial charge in [0, 0.05) is 28.3 Å². The Hall–Kier alpha value is -4.64. The van der Waals surface area contributed by atoms with Gasteiger partial charge in [0.15, 0.2) is 11.0 Å². The van der Waals surface area contributed by atoms with Crippen LogP contribution in [0.4, 0.5) is 5.69 Å². The number of unbranched alkanes of at least 4 members (excludes halogenated alkanes) is 15. The van der Waals surface area contributed by atoms with Crippen LogP contribution in [0.2, 0.25) is 0 Å². The van der Waals surface area contributed by atoms with Crippen molar-refractivity contribution < 1.29 is 38.9 Å². The lowest BCUT2D eigenvalue weighted by molar-refractivity contribution is -0.115. The van der Waals surface area contributed by atoms with Crippen LogP contribution in [0.3, 0.4) is 0 Å². The SMILES string of the molecule is CCCCCCCCCCCCCCCCCCNC(=O)c1cccc(SC(C(=O)Nc2cc(C(=O)O)cc(C(=O)O)c2)C(=O)c2ccc(OC)cc2)c1. The molecule has 0 fully saturated rings. The highest BCUT2D eigenvalue weighted by Crippen LogP contribution is 2.29. The van der Waals surface area contributed by atoms with Crippen molar-refractivity contribution in [1.29, 1.82) is 0 Å². The topological polar surface area (TPSA) is 159 Å². The number of carbonyl (C=O) groups excluding carboxylic acids is 3. The zero-order valence-corrected chi connectivity index (χ0v) is 32.5. The van der Waals surface area contributed by atoms with Crippen LogP contribution in [0.1, 0.15) is 151 Å². The second-order valence-electron chi connectivity index (χ2n) is 13.6. The second-order valence-corrected chi connectivity index (χ2v) is 14.8.